The molecular formula is C14H27NO2. The first kappa shape index (κ1) is 13.3. The summed E-state index contributed by atoms with van der Waals surface area (Å²) < 4.78 is 11.6. The van der Waals surface area contributed by atoms with Gasteiger partial charge in [0.05, 0.1) is 13.2 Å². The highest BCUT2D eigenvalue weighted by Gasteiger charge is 2.42. The van der Waals surface area contributed by atoms with Crippen molar-refractivity contribution >= 4 is 0 Å². The zero-order valence-electron chi connectivity index (χ0n) is 11.1. The lowest BCUT2D eigenvalue weighted by atomic mass is 9.70. The molecule has 1 saturated carbocycles. The van der Waals surface area contributed by atoms with Gasteiger partial charge in [0.2, 0.25) is 0 Å². The highest BCUT2D eigenvalue weighted by atomic mass is 16.7. The standard InChI is InChI=1S/C14H27NO2/c1-2-12(15)6-9-14(7-4-3-5-8-14)13-16-10-11-17-13/h12-13H,2-11,15H2,1H3. The summed E-state index contributed by atoms with van der Waals surface area (Å²) in [6, 6.07) is 0.343. The lowest BCUT2D eigenvalue weighted by Crippen LogP contribution is -2.39. The predicted molar refractivity (Wildman–Crippen MR) is 68.7 cm³/mol. The number of nitrogens with two attached hydrogens (primary N) is 1. The monoisotopic (exact) mass is 241 g/mol. The molecular weight excluding hydrogens is 214 g/mol. The first-order valence-electron chi connectivity index (χ1n) is 7.26. The van der Waals surface area contributed by atoms with E-state index in [1.165, 1.54) is 38.5 Å². The highest BCUT2D eigenvalue weighted by molar-refractivity contribution is 4.88. The van der Waals surface area contributed by atoms with Gasteiger partial charge in [-0.1, -0.05) is 26.2 Å². The summed E-state index contributed by atoms with van der Waals surface area (Å²) >= 11 is 0. The van der Waals surface area contributed by atoms with Crippen LogP contribution >= 0.6 is 0 Å². The molecule has 0 bridgehead atoms. The zero-order valence-corrected chi connectivity index (χ0v) is 11.1. The SMILES string of the molecule is CCC(N)CCC1(C2OCCO2)CCCCC1. The van der Waals surface area contributed by atoms with Crippen molar-refractivity contribution in [1.82, 2.24) is 0 Å². The topological polar surface area (TPSA) is 44.5 Å². The van der Waals surface area contributed by atoms with E-state index in [1.54, 1.807) is 0 Å². The molecule has 0 spiro atoms. The summed E-state index contributed by atoms with van der Waals surface area (Å²) in [6.07, 6.45) is 9.94. The van der Waals surface area contributed by atoms with E-state index in [0.29, 0.717) is 6.04 Å². The van der Waals surface area contributed by atoms with Crippen molar-refractivity contribution in [2.45, 2.75) is 70.6 Å². The Morgan fingerprint density at radius 2 is 1.82 bits per heavy atom. The van der Waals surface area contributed by atoms with Gasteiger partial charge in [-0.15, -0.1) is 0 Å². The minimum atomic E-state index is 0.0480. The van der Waals surface area contributed by atoms with Gasteiger partial charge in [0, 0.05) is 11.5 Å². The van der Waals surface area contributed by atoms with Crippen LogP contribution in [0.3, 0.4) is 0 Å². The van der Waals surface area contributed by atoms with Crippen LogP contribution in [-0.2, 0) is 9.47 Å². The highest BCUT2D eigenvalue weighted by Crippen LogP contribution is 2.46. The van der Waals surface area contributed by atoms with Crippen molar-refractivity contribution in [2.24, 2.45) is 11.1 Å². The molecule has 1 unspecified atom stereocenters. The second-order valence-electron chi connectivity index (χ2n) is 5.70. The Balaban J connectivity index is 1.95. The average Bonchev–Trinajstić information content (AvgIpc) is 2.91. The first-order valence-corrected chi connectivity index (χ1v) is 7.26. The maximum atomic E-state index is 6.07. The molecule has 1 saturated heterocycles. The molecule has 2 aliphatic rings. The molecule has 2 rings (SSSR count). The third kappa shape index (κ3) is 3.21. The van der Waals surface area contributed by atoms with Crippen molar-refractivity contribution in [3.05, 3.63) is 0 Å². The van der Waals surface area contributed by atoms with E-state index in [2.05, 4.69) is 6.92 Å². The van der Waals surface area contributed by atoms with Gasteiger partial charge in [0.1, 0.15) is 0 Å². The molecule has 1 heterocycles. The molecule has 0 aromatic carbocycles. The van der Waals surface area contributed by atoms with Crippen LogP contribution in [0.1, 0.15) is 58.3 Å². The van der Waals surface area contributed by atoms with Crippen LogP contribution in [0.25, 0.3) is 0 Å². The molecule has 1 aliphatic heterocycles. The van der Waals surface area contributed by atoms with Crippen molar-refractivity contribution < 1.29 is 9.47 Å². The van der Waals surface area contributed by atoms with E-state index >= 15 is 0 Å². The van der Waals surface area contributed by atoms with E-state index < -0.39 is 0 Å². The van der Waals surface area contributed by atoms with Crippen LogP contribution in [0, 0.1) is 5.41 Å². The minimum absolute atomic E-state index is 0.0480. The van der Waals surface area contributed by atoms with E-state index in [0.717, 1.165) is 26.1 Å². The summed E-state index contributed by atoms with van der Waals surface area (Å²) in [5, 5.41) is 0. The molecule has 0 aromatic heterocycles. The number of ether oxygens (including phenoxy) is 2. The van der Waals surface area contributed by atoms with Gasteiger partial charge in [0.15, 0.2) is 6.29 Å². The maximum absolute atomic E-state index is 6.07. The molecule has 1 atom stereocenters. The van der Waals surface area contributed by atoms with Gasteiger partial charge in [-0.05, 0) is 32.1 Å². The molecule has 3 nitrogen and oxygen atoms in total. The van der Waals surface area contributed by atoms with Crippen LogP contribution in [-0.4, -0.2) is 25.5 Å². The van der Waals surface area contributed by atoms with Gasteiger partial charge < -0.3 is 15.2 Å². The predicted octanol–water partition coefficient (Wildman–Crippen LogP) is 2.83. The fraction of sp³-hybridized carbons (Fsp3) is 1.00. The second-order valence-corrected chi connectivity index (χ2v) is 5.70. The molecule has 100 valence electrons. The van der Waals surface area contributed by atoms with E-state index in [-0.39, 0.29) is 11.7 Å². The van der Waals surface area contributed by atoms with E-state index in [9.17, 15) is 0 Å². The van der Waals surface area contributed by atoms with E-state index in [4.69, 9.17) is 15.2 Å². The molecule has 0 aromatic rings. The van der Waals surface area contributed by atoms with Crippen molar-refractivity contribution in [3.63, 3.8) is 0 Å². The van der Waals surface area contributed by atoms with Gasteiger partial charge in [-0.2, -0.15) is 0 Å². The number of rotatable bonds is 5. The molecule has 3 heteroatoms. The Kier molecular flexibility index (Phi) is 4.83. The van der Waals surface area contributed by atoms with Crippen LogP contribution in [0.15, 0.2) is 0 Å². The number of hydrogen-bond donors (Lipinski definition) is 1. The van der Waals surface area contributed by atoms with Crippen molar-refractivity contribution in [3.8, 4) is 0 Å². The van der Waals surface area contributed by atoms with Gasteiger partial charge in [-0.3, -0.25) is 0 Å². The number of hydrogen-bond acceptors (Lipinski definition) is 3. The van der Waals surface area contributed by atoms with Crippen LogP contribution in [0.4, 0.5) is 0 Å². The smallest absolute Gasteiger partial charge is 0.163 e. The van der Waals surface area contributed by atoms with Gasteiger partial charge in [-0.25, -0.2) is 0 Å². The average molecular weight is 241 g/mol. The van der Waals surface area contributed by atoms with Gasteiger partial charge >= 0.3 is 0 Å². The molecule has 2 fully saturated rings. The van der Waals surface area contributed by atoms with E-state index in [1.807, 2.05) is 0 Å². The van der Waals surface area contributed by atoms with Gasteiger partial charge in [0.25, 0.3) is 0 Å². The molecule has 0 radical (unpaired) electrons. The Morgan fingerprint density at radius 1 is 1.18 bits per heavy atom. The Labute approximate surface area is 105 Å². The molecule has 1 aliphatic carbocycles. The second kappa shape index (κ2) is 6.17. The van der Waals surface area contributed by atoms with Crippen LogP contribution < -0.4 is 5.73 Å². The Bertz CT molecular complexity index is 220. The lowest BCUT2D eigenvalue weighted by molar-refractivity contribution is -0.150. The molecule has 17 heavy (non-hydrogen) atoms. The first-order chi connectivity index (χ1) is 8.27. The summed E-state index contributed by atoms with van der Waals surface area (Å²) in [5.41, 5.74) is 6.33. The van der Waals surface area contributed by atoms with Crippen LogP contribution in [0.2, 0.25) is 0 Å². The zero-order chi connectivity index (χ0) is 12.1. The quantitative estimate of drug-likeness (QED) is 0.805. The van der Waals surface area contributed by atoms with Crippen LogP contribution in [0.5, 0.6) is 0 Å². The summed E-state index contributed by atoms with van der Waals surface area (Å²) in [7, 11) is 0. The third-order valence-corrected chi connectivity index (χ3v) is 4.51. The molecule has 2 N–H and O–H groups in total. The third-order valence-electron chi connectivity index (χ3n) is 4.51. The minimum Gasteiger partial charge on any atom is -0.350 e. The molecule has 0 amide bonds. The Morgan fingerprint density at radius 3 is 2.41 bits per heavy atom. The summed E-state index contributed by atoms with van der Waals surface area (Å²) in [6.45, 7) is 3.71. The fourth-order valence-electron chi connectivity index (χ4n) is 3.25. The fourth-order valence-corrected chi connectivity index (χ4v) is 3.25. The largest absolute Gasteiger partial charge is 0.350 e. The lowest BCUT2D eigenvalue weighted by Gasteiger charge is -2.41. The Hall–Kier alpha value is -0.120. The van der Waals surface area contributed by atoms with Crippen molar-refractivity contribution in [1.29, 1.82) is 0 Å². The summed E-state index contributed by atoms with van der Waals surface area (Å²) in [4.78, 5) is 0. The summed E-state index contributed by atoms with van der Waals surface area (Å²) in [5.74, 6) is 0. The maximum Gasteiger partial charge on any atom is 0.163 e. The normalized spacial score (nSPS) is 27.2. The van der Waals surface area contributed by atoms with Crippen molar-refractivity contribution in [2.75, 3.05) is 13.2 Å².